The van der Waals surface area contributed by atoms with Gasteiger partial charge in [0.2, 0.25) is 0 Å². The smallest absolute Gasteiger partial charge is 0.284 e. The average Bonchev–Trinajstić information content (AvgIpc) is 1.96. The SMILES string of the molecule is CCCCCC=CO[N+](=O)[O-]. The lowest BCUT2D eigenvalue weighted by Crippen LogP contribution is -1.91. The van der Waals surface area contributed by atoms with Crippen molar-refractivity contribution < 1.29 is 9.92 Å². The Kier molecular flexibility index (Phi) is 6.37. The molecule has 0 aromatic heterocycles. The Morgan fingerprint density at radius 1 is 1.55 bits per heavy atom. The molecule has 0 aliphatic rings. The van der Waals surface area contributed by atoms with Crippen LogP contribution >= 0.6 is 0 Å². The van der Waals surface area contributed by atoms with Gasteiger partial charge >= 0.3 is 0 Å². The number of rotatable bonds is 6. The zero-order valence-corrected chi connectivity index (χ0v) is 6.66. The van der Waals surface area contributed by atoms with Gasteiger partial charge in [-0.05, 0) is 12.8 Å². The largest absolute Gasteiger partial charge is 0.299 e. The molecule has 0 unspecified atom stereocenters. The molecule has 0 atom stereocenters. The van der Waals surface area contributed by atoms with Crippen molar-refractivity contribution in [2.45, 2.75) is 32.6 Å². The highest BCUT2D eigenvalue weighted by Gasteiger charge is 1.86. The number of unbranched alkanes of at least 4 members (excludes halogenated alkanes) is 3. The van der Waals surface area contributed by atoms with E-state index in [0.29, 0.717) is 0 Å². The minimum atomic E-state index is -0.823. The van der Waals surface area contributed by atoms with Gasteiger partial charge in [0.05, 0.1) is 6.26 Å². The van der Waals surface area contributed by atoms with Crippen molar-refractivity contribution in [1.82, 2.24) is 0 Å². The third kappa shape index (κ3) is 8.94. The molecule has 0 saturated heterocycles. The summed E-state index contributed by atoms with van der Waals surface area (Å²) in [6.07, 6.45) is 7.01. The number of hydrogen-bond acceptors (Lipinski definition) is 3. The van der Waals surface area contributed by atoms with E-state index in [2.05, 4.69) is 11.8 Å². The van der Waals surface area contributed by atoms with E-state index in [1.807, 2.05) is 0 Å². The van der Waals surface area contributed by atoms with Gasteiger partial charge in [0, 0.05) is 0 Å². The third-order valence-electron chi connectivity index (χ3n) is 1.22. The maximum atomic E-state index is 9.62. The Bertz CT molecular complexity index is 134. The van der Waals surface area contributed by atoms with Gasteiger partial charge in [0.25, 0.3) is 5.09 Å². The lowest BCUT2D eigenvalue weighted by molar-refractivity contribution is -0.737. The van der Waals surface area contributed by atoms with Crippen LogP contribution in [0.3, 0.4) is 0 Å². The fourth-order valence-electron chi connectivity index (χ4n) is 0.673. The molecular formula is C7H13NO3. The highest BCUT2D eigenvalue weighted by molar-refractivity contribution is 4.71. The molecule has 64 valence electrons. The highest BCUT2D eigenvalue weighted by Crippen LogP contribution is 1.99. The zero-order valence-electron chi connectivity index (χ0n) is 6.66. The second-order valence-corrected chi connectivity index (χ2v) is 2.20. The van der Waals surface area contributed by atoms with Gasteiger partial charge in [-0.3, -0.25) is 4.84 Å². The summed E-state index contributed by atoms with van der Waals surface area (Å²) in [6.45, 7) is 2.11. The Hall–Kier alpha value is -1.06. The highest BCUT2D eigenvalue weighted by atomic mass is 16.9. The van der Waals surface area contributed by atoms with Crippen LogP contribution in [0, 0.1) is 10.1 Å². The molecule has 0 spiro atoms. The van der Waals surface area contributed by atoms with E-state index >= 15 is 0 Å². The van der Waals surface area contributed by atoms with Gasteiger partial charge in [-0.25, -0.2) is 0 Å². The Morgan fingerprint density at radius 3 is 2.82 bits per heavy atom. The summed E-state index contributed by atoms with van der Waals surface area (Å²) >= 11 is 0. The van der Waals surface area contributed by atoms with Crippen LogP contribution in [0.4, 0.5) is 0 Å². The fraction of sp³-hybridized carbons (Fsp3) is 0.714. The fourth-order valence-corrected chi connectivity index (χ4v) is 0.673. The van der Waals surface area contributed by atoms with Crippen LogP contribution in [0.1, 0.15) is 32.6 Å². The van der Waals surface area contributed by atoms with E-state index in [1.54, 1.807) is 6.08 Å². The van der Waals surface area contributed by atoms with Crippen LogP contribution in [0.5, 0.6) is 0 Å². The predicted octanol–water partition coefficient (Wildman–Crippen LogP) is 2.29. The molecule has 0 heterocycles. The first kappa shape index (κ1) is 9.94. The number of hydrogen-bond donors (Lipinski definition) is 0. The average molecular weight is 159 g/mol. The summed E-state index contributed by atoms with van der Waals surface area (Å²) in [7, 11) is 0. The zero-order chi connectivity index (χ0) is 8.53. The van der Waals surface area contributed by atoms with E-state index in [0.717, 1.165) is 31.9 Å². The van der Waals surface area contributed by atoms with E-state index in [4.69, 9.17) is 0 Å². The van der Waals surface area contributed by atoms with E-state index in [-0.39, 0.29) is 0 Å². The van der Waals surface area contributed by atoms with Crippen LogP contribution in [-0.4, -0.2) is 5.09 Å². The Labute approximate surface area is 66.0 Å². The molecule has 0 aromatic rings. The van der Waals surface area contributed by atoms with E-state index < -0.39 is 5.09 Å². The lowest BCUT2D eigenvalue weighted by atomic mass is 10.2. The van der Waals surface area contributed by atoms with Crippen molar-refractivity contribution >= 4 is 0 Å². The first-order chi connectivity index (χ1) is 5.27. The molecule has 0 amide bonds. The van der Waals surface area contributed by atoms with Gasteiger partial charge < -0.3 is 0 Å². The number of nitrogens with zero attached hydrogens (tertiary/aromatic N) is 1. The second-order valence-electron chi connectivity index (χ2n) is 2.20. The molecule has 11 heavy (non-hydrogen) atoms. The topological polar surface area (TPSA) is 52.4 Å². The molecule has 0 N–H and O–H groups in total. The van der Waals surface area contributed by atoms with Crippen molar-refractivity contribution in [2.24, 2.45) is 0 Å². The maximum Gasteiger partial charge on any atom is 0.299 e. The summed E-state index contributed by atoms with van der Waals surface area (Å²) in [5.74, 6) is 0. The van der Waals surface area contributed by atoms with Gasteiger partial charge in [-0.2, -0.15) is 0 Å². The molecule has 4 heteroatoms. The van der Waals surface area contributed by atoms with Gasteiger partial charge in [0.15, 0.2) is 0 Å². The van der Waals surface area contributed by atoms with E-state index in [1.165, 1.54) is 0 Å². The Balaban J connectivity index is 3.10. The monoisotopic (exact) mass is 159 g/mol. The first-order valence-corrected chi connectivity index (χ1v) is 3.73. The molecule has 0 radical (unpaired) electrons. The van der Waals surface area contributed by atoms with E-state index in [9.17, 15) is 10.1 Å². The van der Waals surface area contributed by atoms with Crippen LogP contribution in [0.25, 0.3) is 0 Å². The second kappa shape index (κ2) is 7.05. The van der Waals surface area contributed by atoms with Crippen molar-refractivity contribution in [1.29, 1.82) is 0 Å². The Morgan fingerprint density at radius 2 is 2.27 bits per heavy atom. The molecule has 0 fully saturated rings. The van der Waals surface area contributed by atoms with Gasteiger partial charge in [-0.15, -0.1) is 10.1 Å². The molecular weight excluding hydrogens is 146 g/mol. The van der Waals surface area contributed by atoms with Gasteiger partial charge in [0.1, 0.15) is 0 Å². The third-order valence-corrected chi connectivity index (χ3v) is 1.22. The van der Waals surface area contributed by atoms with Crippen molar-refractivity contribution in [3.63, 3.8) is 0 Å². The van der Waals surface area contributed by atoms with Crippen molar-refractivity contribution in [3.05, 3.63) is 22.5 Å². The summed E-state index contributed by atoms with van der Waals surface area (Å²) in [4.78, 5) is 13.6. The van der Waals surface area contributed by atoms with Crippen LogP contribution < -0.4 is 0 Å². The molecule has 0 aliphatic carbocycles. The molecule has 0 rings (SSSR count). The first-order valence-electron chi connectivity index (χ1n) is 3.73. The summed E-state index contributed by atoms with van der Waals surface area (Å²) < 4.78 is 0. The molecule has 4 nitrogen and oxygen atoms in total. The molecule has 0 saturated carbocycles. The van der Waals surface area contributed by atoms with Crippen molar-refractivity contribution in [3.8, 4) is 0 Å². The summed E-state index contributed by atoms with van der Waals surface area (Å²) in [5, 5.41) is 8.80. The van der Waals surface area contributed by atoms with Crippen LogP contribution in [0.2, 0.25) is 0 Å². The van der Waals surface area contributed by atoms with Crippen LogP contribution in [0.15, 0.2) is 12.3 Å². The number of allylic oxidation sites excluding steroid dienone is 1. The standard InChI is InChI=1S/C7H13NO3/c1-2-3-4-5-6-7-11-8(9)10/h6-7H,2-5H2,1H3. The minimum absolute atomic E-state index is 0.823. The quantitative estimate of drug-likeness (QED) is 0.258. The van der Waals surface area contributed by atoms with Crippen molar-refractivity contribution in [2.75, 3.05) is 0 Å². The molecule has 0 aliphatic heterocycles. The molecule has 0 bridgehead atoms. The molecule has 0 aromatic carbocycles. The summed E-state index contributed by atoms with van der Waals surface area (Å²) in [5.41, 5.74) is 0. The lowest BCUT2D eigenvalue weighted by Gasteiger charge is -1.90. The van der Waals surface area contributed by atoms with Gasteiger partial charge in [-0.1, -0.05) is 25.8 Å². The minimum Gasteiger partial charge on any atom is -0.284 e. The predicted molar refractivity (Wildman–Crippen MR) is 41.4 cm³/mol. The normalized spacial score (nSPS) is 10.3. The summed E-state index contributed by atoms with van der Waals surface area (Å²) in [6, 6.07) is 0. The maximum absolute atomic E-state index is 9.62. The van der Waals surface area contributed by atoms with Crippen LogP contribution in [-0.2, 0) is 4.84 Å².